The van der Waals surface area contributed by atoms with E-state index < -0.39 is 0 Å². The van der Waals surface area contributed by atoms with E-state index in [0.29, 0.717) is 11.7 Å². The molecule has 5 rings (SSSR count). The Morgan fingerprint density at radius 2 is 2.11 bits per heavy atom. The fourth-order valence-corrected chi connectivity index (χ4v) is 4.58. The monoisotopic (exact) mass is 379 g/mol. The average molecular weight is 379 g/mol. The topological polar surface area (TPSA) is 73.9 Å². The maximum Gasteiger partial charge on any atom is 0.265 e. The lowest BCUT2D eigenvalue weighted by Gasteiger charge is -2.21. The minimum Gasteiger partial charge on any atom is -0.321 e. The molecule has 2 N–H and O–H groups in total. The second-order valence-corrected chi connectivity index (χ2v) is 8.53. The zero-order valence-electron chi connectivity index (χ0n) is 15.2. The van der Waals surface area contributed by atoms with E-state index in [9.17, 15) is 4.79 Å². The molecule has 2 aliphatic rings. The summed E-state index contributed by atoms with van der Waals surface area (Å²) in [5, 5.41) is 10.3. The van der Waals surface area contributed by atoms with Gasteiger partial charge < -0.3 is 10.2 Å². The smallest absolute Gasteiger partial charge is 0.265 e. The van der Waals surface area contributed by atoms with Crippen molar-refractivity contribution >= 4 is 22.9 Å². The summed E-state index contributed by atoms with van der Waals surface area (Å²) in [6.45, 7) is 1.98. The van der Waals surface area contributed by atoms with E-state index in [-0.39, 0.29) is 5.91 Å². The third-order valence-electron chi connectivity index (χ3n) is 5.16. The van der Waals surface area contributed by atoms with Gasteiger partial charge in [0.1, 0.15) is 5.82 Å². The van der Waals surface area contributed by atoms with Gasteiger partial charge in [-0.25, -0.2) is 4.98 Å². The van der Waals surface area contributed by atoms with Gasteiger partial charge in [-0.05, 0) is 62.2 Å². The number of rotatable bonds is 4. The standard InChI is InChI=1S/C20H21N5OS/c1-25-9-8-14-10-16(27-17(14)11-25)20(26)21-15-6-4-13(5-7-15)19-22-18(23-24-19)12-2-3-12/h4-7,10,12H,2-3,8-9,11H2,1H3,(H,21,26)(H,22,23,24). The molecule has 1 fully saturated rings. The van der Waals surface area contributed by atoms with Crippen molar-refractivity contribution in [2.75, 3.05) is 18.9 Å². The number of carbonyl (C=O) groups is 1. The Bertz CT molecular complexity index is 986. The molecular formula is C20H21N5OS. The largest absolute Gasteiger partial charge is 0.321 e. The molecule has 3 heterocycles. The van der Waals surface area contributed by atoms with Gasteiger partial charge in [0.25, 0.3) is 5.91 Å². The van der Waals surface area contributed by atoms with Crippen molar-refractivity contribution in [2.45, 2.75) is 31.7 Å². The van der Waals surface area contributed by atoms with E-state index in [1.807, 2.05) is 30.3 Å². The molecular weight excluding hydrogens is 358 g/mol. The average Bonchev–Trinajstić information content (AvgIpc) is 3.25. The van der Waals surface area contributed by atoms with Crippen LogP contribution in [0.5, 0.6) is 0 Å². The molecule has 0 saturated heterocycles. The summed E-state index contributed by atoms with van der Waals surface area (Å²) in [5.41, 5.74) is 3.05. The molecule has 0 unspecified atom stereocenters. The highest BCUT2D eigenvalue weighted by atomic mass is 32.1. The van der Waals surface area contributed by atoms with Crippen LogP contribution in [0, 0.1) is 0 Å². The summed E-state index contributed by atoms with van der Waals surface area (Å²) in [4.78, 5) is 21.6. The van der Waals surface area contributed by atoms with Crippen LogP contribution in [0.15, 0.2) is 30.3 Å². The van der Waals surface area contributed by atoms with E-state index in [1.54, 1.807) is 11.3 Å². The molecule has 1 amide bonds. The normalized spacial score (nSPS) is 16.9. The maximum atomic E-state index is 12.6. The number of hydrogen-bond acceptors (Lipinski definition) is 5. The first kappa shape index (κ1) is 16.6. The van der Waals surface area contributed by atoms with Crippen LogP contribution in [-0.4, -0.2) is 39.6 Å². The predicted molar refractivity (Wildman–Crippen MR) is 106 cm³/mol. The van der Waals surface area contributed by atoms with Crippen LogP contribution in [0.4, 0.5) is 5.69 Å². The Hall–Kier alpha value is -2.51. The van der Waals surface area contributed by atoms with E-state index in [2.05, 4.69) is 32.4 Å². The highest BCUT2D eigenvalue weighted by Gasteiger charge is 2.27. The summed E-state index contributed by atoms with van der Waals surface area (Å²) in [7, 11) is 2.12. The van der Waals surface area contributed by atoms with E-state index in [1.165, 1.54) is 23.3 Å². The van der Waals surface area contributed by atoms with Crippen molar-refractivity contribution in [3.63, 3.8) is 0 Å². The van der Waals surface area contributed by atoms with Crippen LogP contribution in [0.1, 0.15) is 44.7 Å². The minimum absolute atomic E-state index is 0.0429. The number of likely N-dealkylation sites (N-methyl/N-ethyl adjacent to an activating group) is 1. The summed E-state index contributed by atoms with van der Waals surface area (Å²) < 4.78 is 0. The lowest BCUT2D eigenvalue weighted by molar-refractivity contribution is 0.103. The van der Waals surface area contributed by atoms with Gasteiger partial charge in [0, 0.05) is 35.1 Å². The number of fused-ring (bicyclic) bond motifs is 1. The number of thiophene rings is 1. The van der Waals surface area contributed by atoms with Gasteiger partial charge in [-0.2, -0.15) is 5.10 Å². The van der Waals surface area contributed by atoms with E-state index >= 15 is 0 Å². The Morgan fingerprint density at radius 3 is 2.89 bits per heavy atom. The number of nitrogens with one attached hydrogen (secondary N) is 2. The summed E-state index contributed by atoms with van der Waals surface area (Å²) in [6.07, 6.45) is 3.41. The van der Waals surface area contributed by atoms with Crippen molar-refractivity contribution in [3.8, 4) is 11.4 Å². The molecule has 0 bridgehead atoms. The lowest BCUT2D eigenvalue weighted by atomic mass is 10.1. The van der Waals surface area contributed by atoms with Crippen LogP contribution in [0.3, 0.4) is 0 Å². The number of anilines is 1. The fraction of sp³-hybridized carbons (Fsp3) is 0.350. The van der Waals surface area contributed by atoms with E-state index in [0.717, 1.165) is 41.5 Å². The maximum absolute atomic E-state index is 12.6. The molecule has 0 atom stereocenters. The van der Waals surface area contributed by atoms with Gasteiger partial charge in [-0.15, -0.1) is 11.3 Å². The summed E-state index contributed by atoms with van der Waals surface area (Å²) in [5.74, 6) is 2.21. The van der Waals surface area contributed by atoms with Gasteiger partial charge in [0.2, 0.25) is 0 Å². The SMILES string of the molecule is CN1CCc2cc(C(=O)Nc3ccc(-c4n[nH]c(C5CC5)n4)cc3)sc2C1. The van der Waals surface area contributed by atoms with Gasteiger partial charge >= 0.3 is 0 Å². The van der Waals surface area contributed by atoms with Gasteiger partial charge in [-0.1, -0.05) is 0 Å². The van der Waals surface area contributed by atoms with Gasteiger partial charge in [-0.3, -0.25) is 9.89 Å². The lowest BCUT2D eigenvalue weighted by Crippen LogP contribution is -2.24. The van der Waals surface area contributed by atoms with Crippen molar-refractivity contribution in [2.24, 2.45) is 0 Å². The van der Waals surface area contributed by atoms with Crippen molar-refractivity contribution < 1.29 is 4.79 Å². The van der Waals surface area contributed by atoms with E-state index in [4.69, 9.17) is 0 Å². The number of hydrogen-bond donors (Lipinski definition) is 2. The molecule has 1 aliphatic heterocycles. The van der Waals surface area contributed by atoms with Crippen LogP contribution < -0.4 is 5.32 Å². The minimum atomic E-state index is -0.0429. The molecule has 138 valence electrons. The molecule has 6 nitrogen and oxygen atoms in total. The molecule has 7 heteroatoms. The first-order valence-electron chi connectivity index (χ1n) is 9.30. The number of nitrogens with zero attached hydrogens (tertiary/aromatic N) is 3. The number of carbonyl (C=O) groups excluding carboxylic acids is 1. The Morgan fingerprint density at radius 1 is 1.30 bits per heavy atom. The van der Waals surface area contributed by atoms with Crippen molar-refractivity contribution in [1.82, 2.24) is 20.1 Å². The van der Waals surface area contributed by atoms with Gasteiger partial charge in [0.15, 0.2) is 5.82 Å². The highest BCUT2D eigenvalue weighted by Crippen LogP contribution is 2.38. The van der Waals surface area contributed by atoms with Gasteiger partial charge in [0.05, 0.1) is 4.88 Å². The Balaban J connectivity index is 1.28. The van der Waals surface area contributed by atoms with Crippen LogP contribution in [0.2, 0.25) is 0 Å². The van der Waals surface area contributed by atoms with Crippen LogP contribution >= 0.6 is 11.3 Å². The van der Waals surface area contributed by atoms with Crippen LogP contribution in [-0.2, 0) is 13.0 Å². The third kappa shape index (κ3) is 3.40. The zero-order valence-corrected chi connectivity index (χ0v) is 16.0. The number of benzene rings is 1. The Kier molecular flexibility index (Phi) is 4.06. The number of aromatic amines is 1. The first-order chi connectivity index (χ1) is 13.2. The molecule has 1 aromatic carbocycles. The molecule has 1 saturated carbocycles. The summed E-state index contributed by atoms with van der Waals surface area (Å²) in [6, 6.07) is 9.75. The zero-order chi connectivity index (χ0) is 18.4. The van der Waals surface area contributed by atoms with Crippen molar-refractivity contribution in [1.29, 1.82) is 0 Å². The fourth-order valence-electron chi connectivity index (χ4n) is 3.40. The first-order valence-corrected chi connectivity index (χ1v) is 10.1. The number of amides is 1. The third-order valence-corrected chi connectivity index (χ3v) is 6.33. The van der Waals surface area contributed by atoms with Crippen LogP contribution in [0.25, 0.3) is 11.4 Å². The second-order valence-electron chi connectivity index (χ2n) is 7.40. The number of aromatic nitrogens is 3. The molecule has 3 aromatic rings. The number of H-pyrrole nitrogens is 1. The second kappa shape index (κ2) is 6.58. The molecule has 27 heavy (non-hydrogen) atoms. The molecule has 1 aliphatic carbocycles. The Labute approximate surface area is 161 Å². The molecule has 2 aromatic heterocycles. The van der Waals surface area contributed by atoms with Crippen molar-refractivity contribution in [3.05, 3.63) is 51.5 Å². The summed E-state index contributed by atoms with van der Waals surface area (Å²) >= 11 is 1.60. The molecule has 0 spiro atoms. The quantitative estimate of drug-likeness (QED) is 0.726. The highest BCUT2D eigenvalue weighted by molar-refractivity contribution is 7.14. The predicted octanol–water partition coefficient (Wildman–Crippen LogP) is 3.65. The molecule has 0 radical (unpaired) electrons.